The summed E-state index contributed by atoms with van der Waals surface area (Å²) in [5, 5.41) is 15.7. The maximum absolute atomic E-state index is 12.5. The molecule has 0 fully saturated rings. The number of para-hydroxylation sites is 1. The first kappa shape index (κ1) is 13.8. The molecule has 3 aromatic rings. The van der Waals surface area contributed by atoms with Crippen molar-refractivity contribution in [1.29, 1.82) is 0 Å². The molecule has 0 unspecified atom stereocenters. The van der Waals surface area contributed by atoms with Gasteiger partial charge in [0, 0.05) is 11.6 Å². The number of hydrogen-bond donors (Lipinski definition) is 3. The number of fused-ring (bicyclic) bond motifs is 1. The van der Waals surface area contributed by atoms with Crippen molar-refractivity contribution in [2.45, 2.75) is 0 Å². The minimum atomic E-state index is -0.641. The predicted molar refractivity (Wildman–Crippen MR) is 81.4 cm³/mol. The fourth-order valence-electron chi connectivity index (χ4n) is 2.66. The Hall–Kier alpha value is -3.82. The van der Waals surface area contributed by atoms with Gasteiger partial charge in [0.2, 0.25) is 5.82 Å². The van der Waals surface area contributed by atoms with Gasteiger partial charge in [-0.3, -0.25) is 24.3 Å². The van der Waals surface area contributed by atoms with E-state index in [1.165, 1.54) is 0 Å². The Morgan fingerprint density at radius 2 is 1.83 bits per heavy atom. The summed E-state index contributed by atoms with van der Waals surface area (Å²) in [5.74, 6) is -1.15. The summed E-state index contributed by atoms with van der Waals surface area (Å²) in [6.07, 6.45) is 0. The van der Waals surface area contributed by atoms with E-state index in [4.69, 9.17) is 5.73 Å². The number of nitrogen functional groups attached to an aromatic ring is 1. The van der Waals surface area contributed by atoms with E-state index in [9.17, 15) is 14.4 Å². The van der Waals surface area contributed by atoms with Crippen LogP contribution in [0.4, 0.5) is 5.82 Å². The van der Waals surface area contributed by atoms with Crippen LogP contribution >= 0.6 is 0 Å². The Morgan fingerprint density at radius 3 is 2.58 bits per heavy atom. The van der Waals surface area contributed by atoms with E-state index in [2.05, 4.69) is 25.9 Å². The van der Waals surface area contributed by atoms with Crippen LogP contribution in [0.25, 0.3) is 17.1 Å². The highest BCUT2D eigenvalue weighted by atomic mass is 16.2. The van der Waals surface area contributed by atoms with Crippen molar-refractivity contribution in [3.05, 3.63) is 51.8 Å². The molecule has 4 rings (SSSR count). The van der Waals surface area contributed by atoms with Crippen LogP contribution in [-0.2, 0) is 0 Å². The van der Waals surface area contributed by atoms with Gasteiger partial charge < -0.3 is 5.73 Å². The third-order valence-electron chi connectivity index (χ3n) is 3.68. The van der Waals surface area contributed by atoms with Gasteiger partial charge in [-0.15, -0.1) is 10.2 Å². The van der Waals surface area contributed by atoms with Crippen LogP contribution in [-0.4, -0.2) is 37.0 Å². The minimum Gasteiger partial charge on any atom is -0.384 e. The topological polar surface area (TPSA) is 149 Å². The lowest BCUT2D eigenvalue weighted by Crippen LogP contribution is -2.24. The summed E-state index contributed by atoms with van der Waals surface area (Å²) in [6.45, 7) is 0. The number of carbonyl (C=O) groups excluding carboxylic acids is 2. The second kappa shape index (κ2) is 4.84. The van der Waals surface area contributed by atoms with E-state index in [1.54, 1.807) is 24.3 Å². The Balaban J connectivity index is 2.04. The van der Waals surface area contributed by atoms with Crippen LogP contribution in [0.15, 0.2) is 35.1 Å². The number of pyridine rings is 1. The lowest BCUT2D eigenvalue weighted by molar-refractivity contribution is 0.0880. The number of nitrogens with zero attached hydrogens (tertiary/aromatic N) is 4. The third-order valence-corrected chi connectivity index (χ3v) is 3.68. The van der Waals surface area contributed by atoms with Crippen molar-refractivity contribution >= 4 is 17.6 Å². The number of rotatable bonds is 2. The fraction of sp³-hybridized carbons (Fsp3) is 0. The maximum Gasteiger partial charge on any atom is 0.262 e. The van der Waals surface area contributed by atoms with Gasteiger partial charge in [-0.05, 0) is 17.3 Å². The van der Waals surface area contributed by atoms with Crippen molar-refractivity contribution in [2.24, 2.45) is 0 Å². The average Bonchev–Trinajstić information content (AvgIpc) is 3.17. The highest BCUT2D eigenvalue weighted by Gasteiger charge is 2.32. The molecule has 0 spiro atoms. The summed E-state index contributed by atoms with van der Waals surface area (Å²) in [7, 11) is 0. The molecule has 1 aromatic carbocycles. The van der Waals surface area contributed by atoms with Gasteiger partial charge in [0.25, 0.3) is 17.4 Å². The van der Waals surface area contributed by atoms with Gasteiger partial charge in [0.15, 0.2) is 0 Å². The van der Waals surface area contributed by atoms with Crippen LogP contribution in [0.2, 0.25) is 0 Å². The number of aromatic amines is 1. The SMILES string of the molecule is Nc1c2c(cc(=O)n1-c1ccccc1-c1nn[nH]n1)C(=O)NC2=O. The normalized spacial score (nSPS) is 13.0. The number of amides is 2. The molecule has 10 nitrogen and oxygen atoms in total. The summed E-state index contributed by atoms with van der Waals surface area (Å²) < 4.78 is 1.14. The maximum atomic E-state index is 12.5. The van der Waals surface area contributed by atoms with E-state index < -0.39 is 17.4 Å². The number of nitrogens with one attached hydrogen (secondary N) is 2. The minimum absolute atomic E-state index is 0.0254. The van der Waals surface area contributed by atoms with Gasteiger partial charge in [-0.1, -0.05) is 12.1 Å². The molecular weight excluding hydrogens is 314 g/mol. The largest absolute Gasteiger partial charge is 0.384 e. The van der Waals surface area contributed by atoms with Crippen molar-refractivity contribution in [2.75, 3.05) is 5.73 Å². The number of aromatic nitrogens is 5. The Labute approximate surface area is 133 Å². The monoisotopic (exact) mass is 323 g/mol. The van der Waals surface area contributed by atoms with Crippen LogP contribution in [0.1, 0.15) is 20.7 Å². The first-order chi connectivity index (χ1) is 11.6. The number of benzene rings is 1. The molecule has 0 bridgehead atoms. The number of hydrogen-bond acceptors (Lipinski definition) is 7. The molecule has 0 atom stereocenters. The molecule has 4 N–H and O–H groups in total. The van der Waals surface area contributed by atoms with Gasteiger partial charge in [0.05, 0.1) is 16.8 Å². The molecule has 1 aliphatic rings. The van der Waals surface area contributed by atoms with E-state index >= 15 is 0 Å². The molecule has 2 aromatic heterocycles. The fourth-order valence-corrected chi connectivity index (χ4v) is 2.66. The lowest BCUT2D eigenvalue weighted by Gasteiger charge is -2.14. The number of imide groups is 1. The first-order valence-electron chi connectivity index (χ1n) is 6.82. The van der Waals surface area contributed by atoms with Gasteiger partial charge in [0.1, 0.15) is 5.82 Å². The summed E-state index contributed by atoms with van der Waals surface area (Å²) in [6, 6.07) is 7.83. The van der Waals surface area contributed by atoms with Gasteiger partial charge in [-0.2, -0.15) is 5.21 Å². The first-order valence-corrected chi connectivity index (χ1v) is 6.82. The van der Waals surface area contributed by atoms with Crippen LogP contribution in [0.3, 0.4) is 0 Å². The van der Waals surface area contributed by atoms with Crippen LogP contribution < -0.4 is 16.6 Å². The van der Waals surface area contributed by atoms with Gasteiger partial charge >= 0.3 is 0 Å². The van der Waals surface area contributed by atoms with E-state index in [1.807, 2.05) is 0 Å². The predicted octanol–water partition coefficient (Wildman–Crippen LogP) is -0.517. The second-order valence-electron chi connectivity index (χ2n) is 5.03. The molecule has 0 saturated heterocycles. The smallest absolute Gasteiger partial charge is 0.262 e. The highest BCUT2D eigenvalue weighted by Crippen LogP contribution is 2.27. The van der Waals surface area contributed by atoms with Crippen molar-refractivity contribution in [3.63, 3.8) is 0 Å². The number of anilines is 1. The zero-order chi connectivity index (χ0) is 16.8. The molecule has 0 saturated carbocycles. The van der Waals surface area contributed by atoms with E-state index in [0.717, 1.165) is 10.6 Å². The van der Waals surface area contributed by atoms with Crippen molar-refractivity contribution in [3.8, 4) is 17.1 Å². The Kier molecular flexibility index (Phi) is 2.79. The zero-order valence-electron chi connectivity index (χ0n) is 12.0. The summed E-state index contributed by atoms with van der Waals surface area (Å²) in [4.78, 5) is 36.2. The molecule has 24 heavy (non-hydrogen) atoms. The third kappa shape index (κ3) is 1.83. The standard InChI is InChI=1S/C14H9N7O3/c15-11-10-7(13(23)16-14(10)24)5-9(22)21(11)8-4-2-1-3-6(8)12-17-19-20-18-12/h1-5H,15H2,(H,16,23,24)(H,17,18,19,20). The zero-order valence-corrected chi connectivity index (χ0v) is 12.0. The number of tetrazole rings is 1. The van der Waals surface area contributed by atoms with Crippen molar-refractivity contribution in [1.82, 2.24) is 30.5 Å². The molecule has 10 heteroatoms. The number of nitrogens with two attached hydrogens (primary N) is 1. The van der Waals surface area contributed by atoms with E-state index in [-0.39, 0.29) is 22.8 Å². The number of H-pyrrole nitrogens is 1. The molecule has 0 aliphatic carbocycles. The molecule has 0 radical (unpaired) electrons. The van der Waals surface area contributed by atoms with Crippen LogP contribution in [0.5, 0.6) is 0 Å². The average molecular weight is 323 g/mol. The molecule has 2 amide bonds. The highest BCUT2D eigenvalue weighted by molar-refractivity contribution is 6.23. The quantitative estimate of drug-likeness (QED) is 0.537. The molecule has 3 heterocycles. The van der Waals surface area contributed by atoms with Gasteiger partial charge in [-0.25, -0.2) is 0 Å². The Bertz CT molecular complexity index is 1050. The lowest BCUT2D eigenvalue weighted by atomic mass is 10.1. The second-order valence-corrected chi connectivity index (χ2v) is 5.03. The molecule has 118 valence electrons. The molecule has 1 aliphatic heterocycles. The molecular formula is C14H9N7O3. The Morgan fingerprint density at radius 1 is 1.04 bits per heavy atom. The summed E-state index contributed by atoms with van der Waals surface area (Å²) in [5.41, 5.74) is 6.28. The van der Waals surface area contributed by atoms with Crippen LogP contribution in [0, 0.1) is 0 Å². The summed E-state index contributed by atoms with van der Waals surface area (Å²) >= 11 is 0. The number of carbonyl (C=O) groups is 2. The van der Waals surface area contributed by atoms with E-state index in [0.29, 0.717) is 11.3 Å². The van der Waals surface area contributed by atoms with Crippen molar-refractivity contribution < 1.29 is 9.59 Å².